The fraction of sp³-hybridized carbons (Fsp3) is 0.407. The van der Waals surface area contributed by atoms with Crippen LogP contribution in [0, 0.1) is 11.5 Å². The summed E-state index contributed by atoms with van der Waals surface area (Å²) in [7, 11) is -0.944. The molecule has 0 saturated carbocycles. The smallest absolute Gasteiger partial charge is 0.337 e. The molecule has 3 heteroatoms. The quantitative estimate of drug-likeness (QED) is 0.180. The second kappa shape index (κ2) is 14.8. The van der Waals surface area contributed by atoms with Crippen LogP contribution < -0.4 is 10.4 Å². The van der Waals surface area contributed by atoms with Gasteiger partial charge in [-0.15, -0.1) is 6.58 Å². The Hall–Kier alpha value is -2.12. The molecule has 2 nitrogen and oxygen atoms in total. The monoisotopic (exact) mass is 420 g/mol. The summed E-state index contributed by atoms with van der Waals surface area (Å²) in [4.78, 5) is 0. The maximum Gasteiger partial charge on any atom is 0.337 e. The molecular weight excluding hydrogens is 384 g/mol. The van der Waals surface area contributed by atoms with Gasteiger partial charge in [0.1, 0.15) is 6.61 Å². The Morgan fingerprint density at radius 1 is 0.800 bits per heavy atom. The maximum absolute atomic E-state index is 6.71. The van der Waals surface area contributed by atoms with Gasteiger partial charge in [-0.1, -0.05) is 110 Å². The molecule has 0 heterocycles. The van der Waals surface area contributed by atoms with Gasteiger partial charge in [0, 0.05) is 13.7 Å². The second-order valence-electron chi connectivity index (χ2n) is 7.55. The third-order valence-electron chi connectivity index (χ3n) is 5.21. The molecule has 30 heavy (non-hydrogen) atoms. The largest absolute Gasteiger partial charge is 0.399 e. The van der Waals surface area contributed by atoms with Gasteiger partial charge in [0.05, 0.1) is 0 Å². The van der Waals surface area contributed by atoms with Crippen molar-refractivity contribution in [2.45, 2.75) is 51.4 Å². The van der Waals surface area contributed by atoms with E-state index in [9.17, 15) is 0 Å². The van der Waals surface area contributed by atoms with Crippen molar-refractivity contribution in [2.24, 2.45) is 0 Å². The van der Waals surface area contributed by atoms with E-state index in [2.05, 4.69) is 66.6 Å². The lowest BCUT2D eigenvalue weighted by Gasteiger charge is -2.27. The zero-order valence-corrected chi connectivity index (χ0v) is 19.4. The lowest BCUT2D eigenvalue weighted by Crippen LogP contribution is -2.60. The molecule has 0 radical (unpaired) electrons. The van der Waals surface area contributed by atoms with Crippen molar-refractivity contribution >= 4 is 18.7 Å². The van der Waals surface area contributed by atoms with E-state index in [-0.39, 0.29) is 0 Å². The predicted octanol–water partition coefficient (Wildman–Crippen LogP) is 5.26. The van der Waals surface area contributed by atoms with Gasteiger partial charge in [-0.3, -0.25) is 0 Å². The first-order chi connectivity index (χ1) is 14.8. The molecule has 0 amide bonds. The lowest BCUT2D eigenvalue weighted by atomic mass is 10.1. The van der Waals surface area contributed by atoms with Crippen molar-refractivity contribution in [2.75, 3.05) is 20.3 Å². The molecule has 160 valence electrons. The Kier molecular flexibility index (Phi) is 11.9. The number of benzene rings is 2. The fourth-order valence-corrected chi connectivity index (χ4v) is 6.71. The summed E-state index contributed by atoms with van der Waals surface area (Å²) in [6.45, 7) is 4.95. The van der Waals surface area contributed by atoms with E-state index in [1.165, 1.54) is 48.9 Å². The van der Waals surface area contributed by atoms with Crippen LogP contribution in [0.15, 0.2) is 73.3 Å². The van der Waals surface area contributed by atoms with Gasteiger partial charge in [0.25, 0.3) is 0 Å². The molecule has 2 rings (SSSR count). The molecule has 0 bridgehead atoms. The van der Waals surface area contributed by atoms with Crippen LogP contribution in [0.5, 0.6) is 0 Å². The summed E-state index contributed by atoms with van der Waals surface area (Å²) >= 11 is 0. The van der Waals surface area contributed by atoms with Gasteiger partial charge in [0.15, 0.2) is 0 Å². The van der Waals surface area contributed by atoms with Gasteiger partial charge < -0.3 is 9.16 Å². The Morgan fingerprint density at radius 2 is 1.33 bits per heavy atom. The number of hydrogen-bond acceptors (Lipinski definition) is 2. The Morgan fingerprint density at radius 3 is 1.87 bits per heavy atom. The average molecular weight is 421 g/mol. The highest BCUT2D eigenvalue weighted by Crippen LogP contribution is 2.12. The molecule has 0 unspecified atom stereocenters. The first-order valence-electron chi connectivity index (χ1n) is 11.2. The van der Waals surface area contributed by atoms with Crippen molar-refractivity contribution < 1.29 is 9.16 Å². The van der Waals surface area contributed by atoms with Crippen LogP contribution in [-0.4, -0.2) is 28.6 Å². The zero-order chi connectivity index (χ0) is 21.3. The summed E-state index contributed by atoms with van der Waals surface area (Å²) in [5.41, 5.74) is 3.53. The normalized spacial score (nSPS) is 11.0. The number of ether oxygens (including phenoxy) is 1. The van der Waals surface area contributed by atoms with Crippen LogP contribution in [0.4, 0.5) is 0 Å². The third-order valence-corrected chi connectivity index (χ3v) is 8.67. The molecule has 0 fully saturated rings. The summed E-state index contributed by atoms with van der Waals surface area (Å²) in [6.07, 6.45) is 11.9. The van der Waals surface area contributed by atoms with Crippen molar-refractivity contribution in [1.82, 2.24) is 0 Å². The highest BCUT2D eigenvalue weighted by atomic mass is 28.4. The summed E-state index contributed by atoms with van der Waals surface area (Å²) < 4.78 is 11.9. The lowest BCUT2D eigenvalue weighted by molar-refractivity contribution is 0.239. The minimum absolute atomic E-state index is 0.420. The van der Waals surface area contributed by atoms with Crippen LogP contribution in [0.1, 0.15) is 51.4 Å². The van der Waals surface area contributed by atoms with Gasteiger partial charge in [-0.2, -0.15) is 0 Å². The first-order valence-corrected chi connectivity index (χ1v) is 13.1. The molecule has 0 aromatic heterocycles. The van der Waals surface area contributed by atoms with Crippen molar-refractivity contribution in [3.8, 4) is 11.5 Å². The molecule has 0 aliphatic rings. The van der Waals surface area contributed by atoms with E-state index in [0.717, 1.165) is 19.4 Å². The average Bonchev–Trinajstić information content (AvgIpc) is 2.80. The first kappa shape index (κ1) is 24.1. The Labute approximate surface area is 184 Å². The van der Waals surface area contributed by atoms with Gasteiger partial charge in [-0.05, 0) is 29.6 Å². The van der Waals surface area contributed by atoms with E-state index in [1.807, 2.05) is 18.2 Å². The predicted molar refractivity (Wildman–Crippen MR) is 131 cm³/mol. The minimum atomic E-state index is -2.63. The van der Waals surface area contributed by atoms with Crippen LogP contribution >= 0.6 is 0 Å². The third kappa shape index (κ3) is 7.95. The van der Waals surface area contributed by atoms with Crippen molar-refractivity contribution in [3.05, 3.63) is 73.3 Å². The highest BCUT2D eigenvalue weighted by molar-refractivity contribution is 7.03. The van der Waals surface area contributed by atoms with Gasteiger partial charge in [0.2, 0.25) is 0 Å². The molecule has 0 aliphatic heterocycles. The van der Waals surface area contributed by atoms with Gasteiger partial charge in [-0.25, -0.2) is 0 Å². The second-order valence-corrected chi connectivity index (χ2v) is 10.6. The molecule has 2 aromatic carbocycles. The van der Waals surface area contributed by atoms with Crippen molar-refractivity contribution in [1.29, 1.82) is 0 Å². The Balaban J connectivity index is 2.02. The zero-order valence-electron chi connectivity index (χ0n) is 18.4. The Bertz CT molecular complexity index is 722. The van der Waals surface area contributed by atoms with Crippen LogP contribution in [-0.2, 0) is 9.16 Å². The van der Waals surface area contributed by atoms with E-state index in [0.29, 0.717) is 6.61 Å². The number of hydrogen-bond donors (Lipinski definition) is 0. The molecule has 0 atom stereocenters. The van der Waals surface area contributed by atoms with Gasteiger partial charge >= 0.3 is 8.32 Å². The number of methoxy groups -OCH3 is 1. The van der Waals surface area contributed by atoms with E-state index in [1.54, 1.807) is 7.11 Å². The maximum atomic E-state index is 6.71. The number of rotatable bonds is 14. The molecule has 0 spiro atoms. The molecular formula is C27H36O2Si. The van der Waals surface area contributed by atoms with Crippen molar-refractivity contribution in [3.63, 3.8) is 0 Å². The molecule has 0 aliphatic carbocycles. The number of unbranched alkanes of at least 4 members (excludes halogenated alkanes) is 7. The topological polar surface area (TPSA) is 18.5 Å². The van der Waals surface area contributed by atoms with Crippen LogP contribution in [0.2, 0.25) is 0 Å². The highest BCUT2D eigenvalue weighted by Gasteiger charge is 2.38. The van der Waals surface area contributed by atoms with E-state index in [4.69, 9.17) is 9.16 Å². The fourth-order valence-electron chi connectivity index (χ4n) is 3.59. The molecule has 0 saturated heterocycles. The standard InChI is InChI=1S/C27H36O2Si/c1-3-4-5-6-7-8-9-10-17-24-29-30(25-18-23-28-2,26-19-13-11-14-20-26)27-21-15-12-16-22-27/h3,11-16,19-22H,1,4-10,17,23-24H2,2H3. The van der Waals surface area contributed by atoms with Crippen LogP contribution in [0.25, 0.3) is 0 Å². The van der Waals surface area contributed by atoms with E-state index >= 15 is 0 Å². The minimum Gasteiger partial charge on any atom is -0.399 e. The SMILES string of the molecule is C=CCCCCCCCCCO[Si](C#CCOC)(c1ccccc1)c1ccccc1. The summed E-state index contributed by atoms with van der Waals surface area (Å²) in [5, 5.41) is 2.39. The molecule has 2 aromatic rings. The number of allylic oxidation sites excluding steroid dienone is 1. The molecule has 0 N–H and O–H groups in total. The summed E-state index contributed by atoms with van der Waals surface area (Å²) in [6, 6.07) is 21.0. The summed E-state index contributed by atoms with van der Waals surface area (Å²) in [5.74, 6) is 3.22. The van der Waals surface area contributed by atoms with Crippen LogP contribution in [0.3, 0.4) is 0 Å². The van der Waals surface area contributed by atoms with E-state index < -0.39 is 8.32 Å².